The van der Waals surface area contributed by atoms with Crippen molar-refractivity contribution in [1.82, 2.24) is 25.1 Å². The fraction of sp³-hybridized carbons (Fsp3) is 0.429. The maximum Gasteiger partial charge on any atom is 0.274 e. The Kier molecular flexibility index (Phi) is 4.33. The smallest absolute Gasteiger partial charge is 0.274 e. The van der Waals surface area contributed by atoms with Gasteiger partial charge in [0.25, 0.3) is 5.91 Å². The van der Waals surface area contributed by atoms with E-state index in [4.69, 9.17) is 4.74 Å². The van der Waals surface area contributed by atoms with Crippen LogP contribution in [0.2, 0.25) is 0 Å². The SMILES string of the molecule is Cc1cnc(C(=O)N2CCOCC2c2[nH]ncc2S(C)(=O)=O)cn1. The summed E-state index contributed by atoms with van der Waals surface area (Å²) in [6, 6.07) is -0.582. The van der Waals surface area contributed by atoms with E-state index in [0.717, 1.165) is 6.26 Å². The molecule has 1 fully saturated rings. The Balaban J connectivity index is 1.96. The highest BCUT2D eigenvalue weighted by atomic mass is 32.2. The average molecular weight is 351 g/mol. The van der Waals surface area contributed by atoms with Crippen molar-refractivity contribution in [1.29, 1.82) is 0 Å². The van der Waals surface area contributed by atoms with Gasteiger partial charge in [-0.15, -0.1) is 0 Å². The molecule has 10 heteroatoms. The highest BCUT2D eigenvalue weighted by Crippen LogP contribution is 2.28. The molecule has 1 N–H and O–H groups in total. The van der Waals surface area contributed by atoms with Crippen LogP contribution in [-0.4, -0.2) is 65.4 Å². The summed E-state index contributed by atoms with van der Waals surface area (Å²) in [6.45, 7) is 2.64. The zero-order valence-electron chi connectivity index (χ0n) is 13.3. The first-order valence-electron chi connectivity index (χ1n) is 7.28. The number of hydrogen-bond donors (Lipinski definition) is 1. The topological polar surface area (TPSA) is 118 Å². The number of ether oxygens (including phenoxy) is 1. The summed E-state index contributed by atoms with van der Waals surface area (Å²) in [5.41, 5.74) is 1.25. The van der Waals surface area contributed by atoms with Gasteiger partial charge in [0.2, 0.25) is 0 Å². The van der Waals surface area contributed by atoms with Gasteiger partial charge in [-0.25, -0.2) is 13.4 Å². The van der Waals surface area contributed by atoms with E-state index in [0.29, 0.717) is 24.5 Å². The average Bonchev–Trinajstić information content (AvgIpc) is 3.05. The molecule has 1 saturated heterocycles. The van der Waals surface area contributed by atoms with E-state index in [1.54, 1.807) is 6.92 Å². The summed E-state index contributed by atoms with van der Waals surface area (Å²) in [5, 5.41) is 6.50. The number of hydrogen-bond acceptors (Lipinski definition) is 7. The van der Waals surface area contributed by atoms with Crippen molar-refractivity contribution in [2.45, 2.75) is 17.9 Å². The van der Waals surface area contributed by atoms with Crippen molar-refractivity contribution in [2.24, 2.45) is 0 Å². The van der Waals surface area contributed by atoms with E-state index in [-0.39, 0.29) is 23.1 Å². The van der Waals surface area contributed by atoms with Gasteiger partial charge in [0, 0.05) is 19.0 Å². The number of morpholine rings is 1. The molecular weight excluding hydrogens is 334 g/mol. The van der Waals surface area contributed by atoms with Gasteiger partial charge < -0.3 is 9.64 Å². The van der Waals surface area contributed by atoms with Crippen molar-refractivity contribution in [3.8, 4) is 0 Å². The molecule has 2 aromatic rings. The third-order valence-corrected chi connectivity index (χ3v) is 4.88. The maximum absolute atomic E-state index is 12.8. The van der Waals surface area contributed by atoms with Crippen LogP contribution in [0, 0.1) is 6.92 Å². The van der Waals surface area contributed by atoms with E-state index >= 15 is 0 Å². The highest BCUT2D eigenvalue weighted by Gasteiger charge is 2.34. The van der Waals surface area contributed by atoms with E-state index < -0.39 is 15.9 Å². The quantitative estimate of drug-likeness (QED) is 0.834. The summed E-state index contributed by atoms with van der Waals surface area (Å²) >= 11 is 0. The van der Waals surface area contributed by atoms with Gasteiger partial charge in [0.15, 0.2) is 9.84 Å². The number of aromatic amines is 1. The molecule has 1 aliphatic heterocycles. The first kappa shape index (κ1) is 16.5. The molecule has 1 atom stereocenters. The van der Waals surface area contributed by atoms with Gasteiger partial charge in [-0.3, -0.25) is 14.9 Å². The van der Waals surface area contributed by atoms with Crippen LogP contribution in [0.1, 0.15) is 27.9 Å². The number of nitrogens with one attached hydrogen (secondary N) is 1. The van der Waals surface area contributed by atoms with Crippen LogP contribution >= 0.6 is 0 Å². The van der Waals surface area contributed by atoms with Crippen molar-refractivity contribution in [3.63, 3.8) is 0 Å². The fourth-order valence-corrected chi connectivity index (χ4v) is 3.38. The molecule has 3 rings (SSSR count). The van der Waals surface area contributed by atoms with Crippen molar-refractivity contribution >= 4 is 15.7 Å². The molecule has 0 spiro atoms. The lowest BCUT2D eigenvalue weighted by Crippen LogP contribution is -2.44. The molecule has 24 heavy (non-hydrogen) atoms. The van der Waals surface area contributed by atoms with E-state index in [2.05, 4.69) is 20.2 Å². The number of nitrogens with zero attached hydrogens (tertiary/aromatic N) is 4. The first-order valence-corrected chi connectivity index (χ1v) is 9.17. The van der Waals surface area contributed by atoms with Crippen molar-refractivity contribution < 1.29 is 17.9 Å². The third-order valence-electron chi connectivity index (χ3n) is 3.75. The molecule has 0 aliphatic carbocycles. The lowest BCUT2D eigenvalue weighted by molar-refractivity contribution is -0.00501. The Hall–Kier alpha value is -2.33. The van der Waals surface area contributed by atoms with Gasteiger partial charge in [-0.2, -0.15) is 5.10 Å². The minimum atomic E-state index is -3.47. The van der Waals surface area contributed by atoms with Gasteiger partial charge in [0.1, 0.15) is 10.6 Å². The van der Waals surface area contributed by atoms with Gasteiger partial charge >= 0.3 is 0 Å². The van der Waals surface area contributed by atoms with E-state index in [1.807, 2.05) is 0 Å². The normalized spacial score (nSPS) is 18.6. The minimum absolute atomic E-state index is 0.0609. The molecule has 1 unspecified atom stereocenters. The number of aryl methyl sites for hydroxylation is 1. The maximum atomic E-state index is 12.8. The summed E-state index contributed by atoms with van der Waals surface area (Å²) in [4.78, 5) is 22.5. The second-order valence-electron chi connectivity index (χ2n) is 5.55. The summed E-state index contributed by atoms with van der Waals surface area (Å²) in [5.74, 6) is -0.329. The molecule has 0 saturated carbocycles. The number of amides is 1. The highest BCUT2D eigenvalue weighted by molar-refractivity contribution is 7.90. The minimum Gasteiger partial charge on any atom is -0.377 e. The number of rotatable bonds is 3. The van der Waals surface area contributed by atoms with Crippen LogP contribution in [-0.2, 0) is 14.6 Å². The molecule has 3 heterocycles. The number of carbonyl (C=O) groups is 1. The Morgan fingerprint density at radius 1 is 1.33 bits per heavy atom. The Labute approximate surface area is 139 Å². The molecule has 2 aromatic heterocycles. The standard InChI is InChI=1S/C14H17N5O4S/c1-9-5-16-10(6-15-9)14(20)19-3-4-23-8-11(19)13-12(7-17-18-13)24(2,21)22/h5-7,11H,3-4,8H2,1-2H3,(H,17,18). The van der Waals surface area contributed by atoms with Crippen molar-refractivity contribution in [2.75, 3.05) is 26.0 Å². The van der Waals surface area contributed by atoms with Gasteiger partial charge in [0.05, 0.1) is 43.0 Å². The number of carbonyl (C=O) groups excluding carboxylic acids is 1. The second kappa shape index (κ2) is 6.29. The Morgan fingerprint density at radius 2 is 2.12 bits per heavy atom. The molecule has 128 valence electrons. The van der Waals surface area contributed by atoms with Crippen LogP contribution in [0.15, 0.2) is 23.5 Å². The molecule has 1 aliphatic rings. The Morgan fingerprint density at radius 3 is 2.79 bits per heavy atom. The summed E-state index contributed by atoms with van der Waals surface area (Å²) < 4.78 is 29.3. The van der Waals surface area contributed by atoms with Crippen LogP contribution in [0.25, 0.3) is 0 Å². The largest absolute Gasteiger partial charge is 0.377 e. The molecule has 9 nitrogen and oxygen atoms in total. The summed E-state index contributed by atoms with van der Waals surface area (Å²) in [7, 11) is -3.47. The zero-order chi connectivity index (χ0) is 17.3. The van der Waals surface area contributed by atoms with Crippen LogP contribution in [0.4, 0.5) is 0 Å². The molecule has 0 aromatic carbocycles. The number of H-pyrrole nitrogens is 1. The molecule has 0 bridgehead atoms. The monoisotopic (exact) mass is 351 g/mol. The van der Waals surface area contributed by atoms with Crippen LogP contribution < -0.4 is 0 Å². The number of sulfone groups is 1. The predicted molar refractivity (Wildman–Crippen MR) is 83.1 cm³/mol. The van der Waals surface area contributed by atoms with Crippen LogP contribution in [0.3, 0.4) is 0 Å². The van der Waals surface area contributed by atoms with Crippen LogP contribution in [0.5, 0.6) is 0 Å². The zero-order valence-corrected chi connectivity index (χ0v) is 14.1. The Bertz CT molecular complexity index is 846. The van der Waals surface area contributed by atoms with E-state index in [1.165, 1.54) is 23.5 Å². The fourth-order valence-electron chi connectivity index (χ4n) is 2.56. The first-order chi connectivity index (χ1) is 11.4. The third kappa shape index (κ3) is 3.15. The van der Waals surface area contributed by atoms with Gasteiger partial charge in [-0.05, 0) is 6.92 Å². The molecule has 0 radical (unpaired) electrons. The molecular formula is C14H17N5O4S. The predicted octanol–water partition coefficient (Wildman–Crippen LogP) is 0.125. The lowest BCUT2D eigenvalue weighted by atomic mass is 10.1. The lowest BCUT2D eigenvalue weighted by Gasteiger charge is -2.35. The van der Waals surface area contributed by atoms with Crippen molar-refractivity contribution in [3.05, 3.63) is 35.7 Å². The molecule has 1 amide bonds. The number of aromatic nitrogens is 4. The summed E-state index contributed by atoms with van der Waals surface area (Å²) in [6.07, 6.45) is 5.27. The van der Waals surface area contributed by atoms with Gasteiger partial charge in [-0.1, -0.05) is 0 Å². The van der Waals surface area contributed by atoms with E-state index in [9.17, 15) is 13.2 Å². The second-order valence-corrected chi connectivity index (χ2v) is 7.54.